The van der Waals surface area contributed by atoms with Gasteiger partial charge >= 0.3 is 43.1 Å². The van der Waals surface area contributed by atoms with E-state index in [0.717, 1.165) is 12.8 Å². The van der Waals surface area contributed by atoms with Crippen LogP contribution in [0.2, 0.25) is 11.5 Å². The molecule has 0 saturated heterocycles. The van der Waals surface area contributed by atoms with Gasteiger partial charge in [0, 0.05) is 0 Å². The van der Waals surface area contributed by atoms with Gasteiger partial charge < -0.3 is 0 Å². The van der Waals surface area contributed by atoms with Crippen LogP contribution in [-0.4, -0.2) is 9.98 Å². The molecule has 0 fully saturated rings. The monoisotopic (exact) mass is 632 g/mol. The van der Waals surface area contributed by atoms with E-state index in [0.29, 0.717) is 0 Å². The molecule has 0 atom stereocenters. The number of benzene rings is 4. The Morgan fingerprint density at radius 3 is 1.26 bits per heavy atom. The van der Waals surface area contributed by atoms with Crippen LogP contribution >= 0.6 is 0 Å². The summed E-state index contributed by atoms with van der Waals surface area (Å²) in [5, 5.41) is 5.44. The van der Waals surface area contributed by atoms with Crippen molar-refractivity contribution in [3.63, 3.8) is 0 Å². The van der Waals surface area contributed by atoms with Crippen LogP contribution in [0.1, 0.15) is 25.0 Å². The average Bonchev–Trinajstić information content (AvgIpc) is 3.58. The maximum absolute atomic E-state index is 2.37. The van der Waals surface area contributed by atoms with Crippen molar-refractivity contribution < 1.29 is 21.6 Å². The van der Waals surface area contributed by atoms with Gasteiger partial charge in [-0.05, 0) is 24.0 Å². The Hall–Kier alpha value is -2.47. The van der Waals surface area contributed by atoms with Crippen LogP contribution in [0, 0.1) is 0 Å². The molecule has 0 bridgehead atoms. The molecule has 0 aliphatic heterocycles. The standard InChI is InChI=1S/2C17H15.C2H6Ge.Zr/c2*1-2-13-11-15-9-6-10-16(17(15)12-13)14-7-4-3-5-8-14;1-3-2;/h2*3-12H,2H2,1H3;1-2H3;/q2*-1;;+2. The van der Waals surface area contributed by atoms with E-state index in [1.54, 1.807) is 21.6 Å². The van der Waals surface area contributed by atoms with Gasteiger partial charge in [0.1, 0.15) is 0 Å². The summed E-state index contributed by atoms with van der Waals surface area (Å²) in [5.41, 5.74) is 8.11. The zero-order valence-electron chi connectivity index (χ0n) is 23.0. The molecular formula is C36H36GeZr. The van der Waals surface area contributed by atoms with Crippen LogP contribution in [0.3, 0.4) is 0 Å². The molecule has 0 radical (unpaired) electrons. The SMILES string of the molecule is CCc1cc2c(-c3ccccc3)cccc2[cH-]1.CCc1cc2c(-c3ccccc3)cccc2[cH-]1.[CH3][Ge]([CH3])=[Zr+2]. The van der Waals surface area contributed by atoms with Crippen molar-refractivity contribution in [1.82, 2.24) is 0 Å². The van der Waals surface area contributed by atoms with Gasteiger partial charge in [-0.25, -0.2) is 0 Å². The Kier molecular flexibility index (Phi) is 10.6. The van der Waals surface area contributed by atoms with Gasteiger partial charge in [-0.15, -0.1) is 69.1 Å². The van der Waals surface area contributed by atoms with Gasteiger partial charge in [-0.3, -0.25) is 0 Å². The van der Waals surface area contributed by atoms with Gasteiger partial charge in [0.2, 0.25) is 0 Å². The summed E-state index contributed by atoms with van der Waals surface area (Å²) in [4.78, 5) is 0. The summed E-state index contributed by atoms with van der Waals surface area (Å²) < 4.78 is 0. The van der Waals surface area contributed by atoms with E-state index in [-0.39, 0.29) is 9.98 Å². The van der Waals surface area contributed by atoms with Crippen LogP contribution in [0.4, 0.5) is 0 Å². The molecule has 0 spiro atoms. The molecule has 0 N–H and O–H groups in total. The second-order valence-corrected chi connectivity index (χ2v) is 26.8. The summed E-state index contributed by atoms with van der Waals surface area (Å²) in [6, 6.07) is 43.5. The third-order valence-corrected chi connectivity index (χ3v) is 6.61. The number of hydrogen-bond acceptors (Lipinski definition) is 0. The van der Waals surface area contributed by atoms with E-state index in [9.17, 15) is 0 Å². The Balaban J connectivity index is 0.000000156. The maximum atomic E-state index is 2.37. The summed E-state index contributed by atoms with van der Waals surface area (Å²) in [7, 11) is -0.243. The molecule has 0 saturated carbocycles. The molecule has 0 nitrogen and oxygen atoms in total. The molecule has 0 aliphatic carbocycles. The van der Waals surface area contributed by atoms with E-state index in [1.165, 1.54) is 54.9 Å². The molecule has 0 aliphatic rings. The van der Waals surface area contributed by atoms with Crippen molar-refractivity contribution in [3.05, 3.63) is 132 Å². The normalized spacial score (nSPS) is 10.5. The van der Waals surface area contributed by atoms with Crippen molar-refractivity contribution in [3.8, 4) is 22.3 Å². The molecule has 38 heavy (non-hydrogen) atoms. The van der Waals surface area contributed by atoms with Gasteiger partial charge in [-0.1, -0.05) is 97.8 Å². The van der Waals surface area contributed by atoms with Crippen LogP contribution in [0.5, 0.6) is 0 Å². The fourth-order valence-electron chi connectivity index (χ4n) is 4.74. The quantitative estimate of drug-likeness (QED) is 0.134. The first-order valence-electron chi connectivity index (χ1n) is 13.5. The van der Waals surface area contributed by atoms with Crippen LogP contribution < -0.4 is 0 Å². The molecule has 0 heterocycles. The topological polar surface area (TPSA) is 0 Å². The Morgan fingerprint density at radius 2 is 0.921 bits per heavy atom. The Labute approximate surface area is 244 Å². The van der Waals surface area contributed by atoms with Gasteiger partial charge in [0.05, 0.1) is 0 Å². The van der Waals surface area contributed by atoms with Crippen molar-refractivity contribution in [2.24, 2.45) is 0 Å². The summed E-state index contributed by atoms with van der Waals surface area (Å²) in [6.45, 7) is 4.41. The molecule has 6 aromatic carbocycles. The molecule has 0 unspecified atom stereocenters. The predicted octanol–water partition coefficient (Wildman–Crippen LogP) is 10.4. The van der Waals surface area contributed by atoms with Crippen molar-refractivity contribution in [1.29, 1.82) is 0 Å². The molecule has 188 valence electrons. The van der Waals surface area contributed by atoms with Gasteiger partial charge in [0.25, 0.3) is 0 Å². The van der Waals surface area contributed by atoms with Crippen molar-refractivity contribution in [2.45, 2.75) is 38.2 Å². The van der Waals surface area contributed by atoms with Crippen LogP contribution in [0.15, 0.2) is 121 Å². The number of aryl methyl sites for hydroxylation is 2. The zero-order chi connectivity index (χ0) is 26.9. The van der Waals surface area contributed by atoms with E-state index in [2.05, 4.69) is 147 Å². The van der Waals surface area contributed by atoms with Crippen LogP contribution in [-0.2, 0) is 34.4 Å². The zero-order valence-corrected chi connectivity index (χ0v) is 27.5. The van der Waals surface area contributed by atoms with Crippen LogP contribution in [0.25, 0.3) is 43.8 Å². The van der Waals surface area contributed by atoms with Crippen molar-refractivity contribution in [2.75, 3.05) is 0 Å². The minimum atomic E-state index is -0.243. The molecule has 0 aromatic heterocycles. The molecule has 2 heteroatoms. The summed E-state index contributed by atoms with van der Waals surface area (Å²) in [5.74, 6) is 4.75. The molecule has 6 aromatic rings. The average molecular weight is 633 g/mol. The van der Waals surface area contributed by atoms with Gasteiger partial charge in [0.15, 0.2) is 0 Å². The molecular weight excluding hydrogens is 596 g/mol. The first-order valence-corrected chi connectivity index (χ1v) is 25.1. The Morgan fingerprint density at radius 1 is 0.553 bits per heavy atom. The van der Waals surface area contributed by atoms with E-state index >= 15 is 0 Å². The third-order valence-electron chi connectivity index (χ3n) is 6.61. The predicted molar refractivity (Wildman–Crippen MR) is 166 cm³/mol. The van der Waals surface area contributed by atoms with Crippen molar-refractivity contribution >= 4 is 31.5 Å². The van der Waals surface area contributed by atoms with Gasteiger partial charge in [-0.2, -0.15) is 12.1 Å². The minimum absolute atomic E-state index is 0.243. The summed E-state index contributed by atoms with van der Waals surface area (Å²) >= 11 is 1.80. The Bertz CT molecular complexity index is 1480. The fraction of sp³-hybridized carbons (Fsp3) is 0.167. The first kappa shape index (κ1) is 28.5. The second kappa shape index (κ2) is 14.1. The van der Waals surface area contributed by atoms with E-state index < -0.39 is 0 Å². The molecule has 0 amide bonds. The number of rotatable bonds is 4. The third kappa shape index (κ3) is 7.34. The fourth-order valence-corrected chi connectivity index (χ4v) is 4.74. The number of hydrogen-bond donors (Lipinski definition) is 0. The molecule has 6 rings (SSSR count). The van der Waals surface area contributed by atoms with E-state index in [4.69, 9.17) is 0 Å². The first-order chi connectivity index (χ1) is 18.5. The second-order valence-electron chi connectivity index (χ2n) is 9.78. The number of fused-ring (bicyclic) bond motifs is 2. The van der Waals surface area contributed by atoms with E-state index in [1.807, 2.05) is 0 Å². The summed E-state index contributed by atoms with van der Waals surface area (Å²) in [6.07, 6.45) is 2.20.